The first-order chi connectivity index (χ1) is 8.79. The van der Waals surface area contributed by atoms with Crippen molar-refractivity contribution < 1.29 is 4.79 Å². The van der Waals surface area contributed by atoms with E-state index in [0.29, 0.717) is 0 Å². The van der Waals surface area contributed by atoms with Crippen molar-refractivity contribution in [3.05, 3.63) is 29.8 Å². The highest BCUT2D eigenvalue weighted by Crippen LogP contribution is 2.14. The van der Waals surface area contributed by atoms with E-state index in [-0.39, 0.29) is 11.8 Å². The maximum absolute atomic E-state index is 11.7. The molecule has 1 heterocycles. The molecule has 1 amide bonds. The molecule has 0 aliphatic carbocycles. The molecule has 1 aromatic rings. The van der Waals surface area contributed by atoms with Crippen LogP contribution in [0.1, 0.15) is 31.7 Å². The molecule has 1 aliphatic rings. The zero-order chi connectivity index (χ0) is 12.8. The monoisotopic (exact) mass is 246 g/mol. The fourth-order valence-electron chi connectivity index (χ4n) is 2.05. The Morgan fingerprint density at radius 3 is 2.56 bits per heavy atom. The van der Waals surface area contributed by atoms with Crippen molar-refractivity contribution in [3.8, 4) is 0 Å². The number of hydrogen-bond donors (Lipinski definition) is 2. The summed E-state index contributed by atoms with van der Waals surface area (Å²) in [7, 11) is 0. The molecule has 0 atom stereocenters. The van der Waals surface area contributed by atoms with Crippen LogP contribution in [-0.4, -0.2) is 19.0 Å². The van der Waals surface area contributed by atoms with Gasteiger partial charge in [-0.25, -0.2) is 0 Å². The lowest BCUT2D eigenvalue weighted by Crippen LogP contribution is -2.48. The Balaban J connectivity index is 1.81. The van der Waals surface area contributed by atoms with Gasteiger partial charge in [0.2, 0.25) is 5.91 Å². The van der Waals surface area contributed by atoms with E-state index in [1.807, 2.05) is 12.1 Å². The summed E-state index contributed by atoms with van der Waals surface area (Å²) in [5, 5.41) is 6.06. The number of unbranched alkanes of at least 4 members (excludes halogenated alkanes) is 2. The molecule has 1 aliphatic heterocycles. The van der Waals surface area contributed by atoms with Gasteiger partial charge >= 0.3 is 0 Å². The molecular formula is C15H22N2O. The van der Waals surface area contributed by atoms with Crippen LogP contribution in [-0.2, 0) is 11.2 Å². The van der Waals surface area contributed by atoms with Crippen LogP contribution in [0.5, 0.6) is 0 Å². The van der Waals surface area contributed by atoms with Gasteiger partial charge in [0.1, 0.15) is 0 Å². The molecule has 1 aromatic carbocycles. The van der Waals surface area contributed by atoms with Gasteiger partial charge in [-0.1, -0.05) is 31.9 Å². The van der Waals surface area contributed by atoms with Gasteiger partial charge in [0.05, 0.1) is 5.92 Å². The van der Waals surface area contributed by atoms with Crippen molar-refractivity contribution in [2.24, 2.45) is 5.92 Å². The lowest BCUT2D eigenvalue weighted by molar-refractivity contribution is -0.121. The van der Waals surface area contributed by atoms with Gasteiger partial charge in [-0.05, 0) is 30.5 Å². The second kappa shape index (κ2) is 6.55. The van der Waals surface area contributed by atoms with Gasteiger partial charge in [-0.2, -0.15) is 0 Å². The van der Waals surface area contributed by atoms with Crippen molar-refractivity contribution in [2.45, 2.75) is 32.6 Å². The van der Waals surface area contributed by atoms with E-state index in [1.165, 1.54) is 24.8 Å². The summed E-state index contributed by atoms with van der Waals surface area (Å²) < 4.78 is 0. The highest BCUT2D eigenvalue weighted by Gasteiger charge is 2.24. The topological polar surface area (TPSA) is 41.1 Å². The van der Waals surface area contributed by atoms with Gasteiger partial charge in [-0.15, -0.1) is 0 Å². The molecule has 2 N–H and O–H groups in total. The van der Waals surface area contributed by atoms with Crippen molar-refractivity contribution in [1.29, 1.82) is 0 Å². The summed E-state index contributed by atoms with van der Waals surface area (Å²) in [6, 6.07) is 8.24. The minimum Gasteiger partial charge on any atom is -0.326 e. The summed E-state index contributed by atoms with van der Waals surface area (Å²) in [4.78, 5) is 11.7. The molecular weight excluding hydrogens is 224 g/mol. The van der Waals surface area contributed by atoms with Gasteiger partial charge in [0, 0.05) is 18.8 Å². The lowest BCUT2D eigenvalue weighted by atomic mass is 10.0. The van der Waals surface area contributed by atoms with E-state index in [1.54, 1.807) is 0 Å². The van der Waals surface area contributed by atoms with Crippen molar-refractivity contribution in [2.75, 3.05) is 18.4 Å². The fraction of sp³-hybridized carbons (Fsp3) is 0.533. The molecule has 1 saturated heterocycles. The normalized spacial score (nSPS) is 15.2. The van der Waals surface area contributed by atoms with Gasteiger partial charge in [0.25, 0.3) is 0 Å². The molecule has 0 bridgehead atoms. The number of benzene rings is 1. The largest absolute Gasteiger partial charge is 0.326 e. The van der Waals surface area contributed by atoms with Crippen LogP contribution in [0.15, 0.2) is 24.3 Å². The zero-order valence-corrected chi connectivity index (χ0v) is 11.0. The summed E-state index contributed by atoms with van der Waals surface area (Å²) in [6.07, 6.45) is 4.92. The van der Waals surface area contributed by atoms with Crippen molar-refractivity contribution in [3.63, 3.8) is 0 Å². The molecule has 0 saturated carbocycles. The predicted octanol–water partition coefficient (Wildman–Crippen LogP) is 2.58. The van der Waals surface area contributed by atoms with Crippen LogP contribution < -0.4 is 10.6 Å². The average molecular weight is 246 g/mol. The Morgan fingerprint density at radius 1 is 1.28 bits per heavy atom. The summed E-state index contributed by atoms with van der Waals surface area (Å²) >= 11 is 0. The molecule has 0 spiro atoms. The Bertz CT molecular complexity index is 382. The smallest absolute Gasteiger partial charge is 0.230 e. The average Bonchev–Trinajstić information content (AvgIpc) is 2.29. The second-order valence-corrected chi connectivity index (χ2v) is 5.00. The highest BCUT2D eigenvalue weighted by atomic mass is 16.2. The highest BCUT2D eigenvalue weighted by molar-refractivity contribution is 5.93. The number of nitrogens with one attached hydrogen (secondary N) is 2. The number of anilines is 1. The van der Waals surface area contributed by atoms with Crippen LogP contribution in [0.25, 0.3) is 0 Å². The van der Waals surface area contributed by atoms with E-state index >= 15 is 0 Å². The van der Waals surface area contributed by atoms with E-state index in [0.717, 1.165) is 25.2 Å². The number of aryl methyl sites for hydroxylation is 1. The number of carbonyl (C=O) groups is 1. The summed E-state index contributed by atoms with van der Waals surface area (Å²) in [5.74, 6) is 0.279. The molecule has 2 rings (SSSR count). The predicted molar refractivity (Wildman–Crippen MR) is 74.7 cm³/mol. The molecule has 0 aromatic heterocycles. The Hall–Kier alpha value is -1.35. The first kappa shape index (κ1) is 13.1. The van der Waals surface area contributed by atoms with Crippen molar-refractivity contribution >= 4 is 11.6 Å². The maximum Gasteiger partial charge on any atom is 0.230 e. The number of rotatable bonds is 6. The van der Waals surface area contributed by atoms with Crippen molar-refractivity contribution in [1.82, 2.24) is 5.32 Å². The first-order valence-corrected chi connectivity index (χ1v) is 6.90. The van der Waals surface area contributed by atoms with Crippen LogP contribution in [0.3, 0.4) is 0 Å². The van der Waals surface area contributed by atoms with Crippen LogP contribution in [0.2, 0.25) is 0 Å². The van der Waals surface area contributed by atoms with Gasteiger partial charge in [-0.3, -0.25) is 4.79 Å². The Morgan fingerprint density at radius 2 is 2.00 bits per heavy atom. The zero-order valence-electron chi connectivity index (χ0n) is 11.0. The Labute approximate surface area is 109 Å². The minimum atomic E-state index is 0.132. The minimum absolute atomic E-state index is 0.132. The molecule has 3 heteroatoms. The van der Waals surface area contributed by atoms with Crippen LogP contribution in [0.4, 0.5) is 5.69 Å². The van der Waals surface area contributed by atoms with E-state index in [2.05, 4.69) is 29.7 Å². The van der Waals surface area contributed by atoms with E-state index in [4.69, 9.17) is 0 Å². The molecule has 1 fully saturated rings. The first-order valence-electron chi connectivity index (χ1n) is 6.90. The molecule has 98 valence electrons. The number of hydrogen-bond acceptors (Lipinski definition) is 2. The third-order valence-electron chi connectivity index (χ3n) is 3.44. The quantitative estimate of drug-likeness (QED) is 0.757. The Kier molecular flexibility index (Phi) is 4.76. The molecule has 18 heavy (non-hydrogen) atoms. The number of amides is 1. The SMILES string of the molecule is CCCCCc1ccc(NC(=O)C2CNC2)cc1. The standard InChI is InChI=1S/C15H22N2O/c1-2-3-4-5-12-6-8-14(9-7-12)17-15(18)13-10-16-11-13/h6-9,13,16H,2-5,10-11H2,1H3,(H,17,18). The molecule has 3 nitrogen and oxygen atoms in total. The second-order valence-electron chi connectivity index (χ2n) is 5.00. The fourth-order valence-corrected chi connectivity index (χ4v) is 2.05. The van der Waals surface area contributed by atoms with Crippen LogP contribution >= 0.6 is 0 Å². The van der Waals surface area contributed by atoms with Crippen LogP contribution in [0, 0.1) is 5.92 Å². The molecule has 0 radical (unpaired) electrons. The summed E-state index contributed by atoms with van der Waals surface area (Å²) in [5.41, 5.74) is 2.26. The number of carbonyl (C=O) groups excluding carboxylic acids is 1. The van der Waals surface area contributed by atoms with Gasteiger partial charge in [0.15, 0.2) is 0 Å². The van der Waals surface area contributed by atoms with E-state index < -0.39 is 0 Å². The third-order valence-corrected chi connectivity index (χ3v) is 3.44. The lowest BCUT2D eigenvalue weighted by Gasteiger charge is -2.25. The van der Waals surface area contributed by atoms with Gasteiger partial charge < -0.3 is 10.6 Å². The maximum atomic E-state index is 11.7. The van der Waals surface area contributed by atoms with E-state index in [9.17, 15) is 4.79 Å². The summed E-state index contributed by atoms with van der Waals surface area (Å²) in [6.45, 7) is 3.83. The molecule has 0 unspecified atom stereocenters. The third kappa shape index (κ3) is 3.57.